The fourth-order valence-electron chi connectivity index (χ4n) is 3.06. The number of hydrogen-bond donors (Lipinski definition) is 1. The molecular formula is C19H26N4O2. The number of rotatable bonds is 4. The molecule has 1 fully saturated rings. The summed E-state index contributed by atoms with van der Waals surface area (Å²) in [6.45, 7) is 2.15. The van der Waals surface area contributed by atoms with Gasteiger partial charge in [0.1, 0.15) is 5.75 Å². The van der Waals surface area contributed by atoms with Crippen molar-refractivity contribution in [3.05, 3.63) is 42.2 Å². The fourth-order valence-corrected chi connectivity index (χ4v) is 3.06. The van der Waals surface area contributed by atoms with E-state index in [4.69, 9.17) is 4.74 Å². The van der Waals surface area contributed by atoms with Gasteiger partial charge in [-0.05, 0) is 43.2 Å². The van der Waals surface area contributed by atoms with Crippen LogP contribution in [0.1, 0.15) is 37.8 Å². The van der Waals surface area contributed by atoms with Crippen molar-refractivity contribution in [3.63, 3.8) is 0 Å². The first-order valence-electron chi connectivity index (χ1n) is 8.98. The average molecular weight is 342 g/mol. The lowest BCUT2D eigenvalue weighted by molar-refractivity contribution is 0.191. The summed E-state index contributed by atoms with van der Waals surface area (Å²) < 4.78 is 6.97. The molecule has 0 unspecified atom stereocenters. The molecule has 134 valence electrons. The van der Waals surface area contributed by atoms with Gasteiger partial charge >= 0.3 is 6.03 Å². The Balaban J connectivity index is 1.54. The van der Waals surface area contributed by atoms with Crippen molar-refractivity contribution >= 4 is 6.03 Å². The standard InChI is InChI=1S/C19H26N4O2/c1-25-18-9-7-17(8-10-18)23-14-11-16(21-23)15-20-19(24)22-12-5-3-2-4-6-13-22/h7-11,14H,2-6,12-13,15H2,1H3,(H,20,24). The van der Waals surface area contributed by atoms with Gasteiger partial charge in [0.15, 0.2) is 0 Å². The summed E-state index contributed by atoms with van der Waals surface area (Å²) >= 11 is 0. The van der Waals surface area contributed by atoms with E-state index in [1.54, 1.807) is 11.8 Å². The van der Waals surface area contributed by atoms with Gasteiger partial charge in [0, 0.05) is 19.3 Å². The number of amides is 2. The van der Waals surface area contributed by atoms with Gasteiger partial charge in [-0.25, -0.2) is 9.48 Å². The van der Waals surface area contributed by atoms with Gasteiger partial charge in [-0.2, -0.15) is 5.10 Å². The smallest absolute Gasteiger partial charge is 0.317 e. The van der Waals surface area contributed by atoms with Crippen molar-refractivity contribution in [2.24, 2.45) is 0 Å². The van der Waals surface area contributed by atoms with Crippen LogP contribution in [0.15, 0.2) is 36.5 Å². The molecule has 0 bridgehead atoms. The number of likely N-dealkylation sites (tertiary alicyclic amines) is 1. The van der Waals surface area contributed by atoms with E-state index < -0.39 is 0 Å². The van der Waals surface area contributed by atoms with Crippen molar-refractivity contribution < 1.29 is 9.53 Å². The van der Waals surface area contributed by atoms with Crippen molar-refractivity contribution in [3.8, 4) is 11.4 Å². The number of benzene rings is 1. The second-order valence-electron chi connectivity index (χ2n) is 6.36. The third-order valence-corrected chi connectivity index (χ3v) is 4.55. The zero-order valence-electron chi connectivity index (χ0n) is 14.8. The predicted molar refractivity (Wildman–Crippen MR) is 97.0 cm³/mol. The molecule has 2 amide bonds. The molecule has 0 aliphatic carbocycles. The van der Waals surface area contributed by atoms with E-state index in [-0.39, 0.29) is 6.03 Å². The summed E-state index contributed by atoms with van der Waals surface area (Å²) in [6.07, 6.45) is 7.82. The molecule has 0 atom stereocenters. The molecule has 0 saturated carbocycles. The average Bonchev–Trinajstić information content (AvgIpc) is 3.08. The number of nitrogens with one attached hydrogen (secondary N) is 1. The van der Waals surface area contributed by atoms with Crippen LogP contribution in [0, 0.1) is 0 Å². The Bertz CT molecular complexity index is 673. The Morgan fingerprint density at radius 2 is 1.76 bits per heavy atom. The van der Waals surface area contributed by atoms with E-state index in [1.807, 2.05) is 41.4 Å². The third kappa shape index (κ3) is 4.75. The van der Waals surface area contributed by atoms with Gasteiger partial charge < -0.3 is 15.0 Å². The molecule has 0 spiro atoms. The minimum absolute atomic E-state index is 0.0147. The summed E-state index contributed by atoms with van der Waals surface area (Å²) in [6, 6.07) is 9.66. The minimum atomic E-state index is 0.0147. The van der Waals surface area contributed by atoms with Crippen molar-refractivity contribution in [1.29, 1.82) is 0 Å². The van der Waals surface area contributed by atoms with E-state index in [1.165, 1.54) is 19.3 Å². The molecule has 1 aromatic heterocycles. The van der Waals surface area contributed by atoms with Crippen LogP contribution in [0.3, 0.4) is 0 Å². The van der Waals surface area contributed by atoms with Crippen LogP contribution in [-0.4, -0.2) is 40.9 Å². The monoisotopic (exact) mass is 342 g/mol. The lowest BCUT2D eigenvalue weighted by Crippen LogP contribution is -2.41. The van der Waals surface area contributed by atoms with E-state index >= 15 is 0 Å². The Kier molecular flexibility index (Phi) is 5.93. The van der Waals surface area contributed by atoms with Gasteiger partial charge in [0.05, 0.1) is 25.0 Å². The maximum atomic E-state index is 12.4. The highest BCUT2D eigenvalue weighted by Crippen LogP contribution is 2.15. The van der Waals surface area contributed by atoms with E-state index in [9.17, 15) is 4.79 Å². The second-order valence-corrected chi connectivity index (χ2v) is 6.36. The number of urea groups is 1. The Morgan fingerprint density at radius 3 is 2.44 bits per heavy atom. The van der Waals surface area contributed by atoms with Gasteiger partial charge in [-0.3, -0.25) is 0 Å². The number of aromatic nitrogens is 2. The summed E-state index contributed by atoms with van der Waals surface area (Å²) in [5.41, 5.74) is 1.80. The summed E-state index contributed by atoms with van der Waals surface area (Å²) in [4.78, 5) is 14.3. The SMILES string of the molecule is COc1ccc(-n2ccc(CNC(=O)N3CCCCCCC3)n2)cc1. The van der Waals surface area contributed by atoms with Crippen LogP contribution in [0.2, 0.25) is 0 Å². The summed E-state index contributed by atoms with van der Waals surface area (Å²) in [7, 11) is 1.65. The molecule has 6 heteroatoms. The van der Waals surface area contributed by atoms with Crippen LogP contribution in [-0.2, 0) is 6.54 Å². The van der Waals surface area contributed by atoms with Crippen LogP contribution in [0.4, 0.5) is 4.79 Å². The van der Waals surface area contributed by atoms with Gasteiger partial charge in [0.25, 0.3) is 0 Å². The lowest BCUT2D eigenvalue weighted by atomic mass is 10.1. The predicted octanol–water partition coefficient (Wildman–Crippen LogP) is 3.36. The molecule has 1 aliphatic rings. The van der Waals surface area contributed by atoms with Crippen molar-refractivity contribution in [1.82, 2.24) is 20.0 Å². The van der Waals surface area contributed by atoms with E-state index in [0.29, 0.717) is 6.54 Å². The first-order chi connectivity index (χ1) is 12.3. The number of nitrogens with zero attached hydrogens (tertiary/aromatic N) is 3. The van der Waals surface area contributed by atoms with Crippen LogP contribution >= 0.6 is 0 Å². The molecule has 1 aliphatic heterocycles. The maximum absolute atomic E-state index is 12.4. The summed E-state index contributed by atoms with van der Waals surface area (Å²) in [5.74, 6) is 0.816. The van der Waals surface area contributed by atoms with Crippen molar-refractivity contribution in [2.75, 3.05) is 20.2 Å². The number of ether oxygens (including phenoxy) is 1. The second kappa shape index (κ2) is 8.55. The minimum Gasteiger partial charge on any atom is -0.497 e. The van der Waals surface area contributed by atoms with Crippen LogP contribution in [0.25, 0.3) is 5.69 Å². The molecule has 1 N–H and O–H groups in total. The highest BCUT2D eigenvalue weighted by atomic mass is 16.5. The number of carbonyl (C=O) groups is 1. The third-order valence-electron chi connectivity index (χ3n) is 4.55. The van der Waals surface area contributed by atoms with Gasteiger partial charge in [-0.15, -0.1) is 0 Å². The Hall–Kier alpha value is -2.50. The van der Waals surface area contributed by atoms with Gasteiger partial charge in [-0.1, -0.05) is 19.3 Å². The molecule has 0 radical (unpaired) electrons. The fraction of sp³-hybridized carbons (Fsp3) is 0.474. The topological polar surface area (TPSA) is 59.4 Å². The quantitative estimate of drug-likeness (QED) is 0.927. The van der Waals surface area contributed by atoms with Gasteiger partial charge in [0.2, 0.25) is 0 Å². The Morgan fingerprint density at radius 1 is 1.08 bits per heavy atom. The molecule has 1 saturated heterocycles. The highest BCUT2D eigenvalue weighted by molar-refractivity contribution is 5.74. The molecule has 3 rings (SSSR count). The zero-order chi connectivity index (χ0) is 17.5. The largest absolute Gasteiger partial charge is 0.497 e. The molecule has 6 nitrogen and oxygen atoms in total. The first-order valence-corrected chi connectivity index (χ1v) is 8.98. The van der Waals surface area contributed by atoms with Crippen LogP contribution in [0.5, 0.6) is 5.75 Å². The maximum Gasteiger partial charge on any atom is 0.317 e. The summed E-state index contributed by atoms with van der Waals surface area (Å²) in [5, 5.41) is 7.52. The highest BCUT2D eigenvalue weighted by Gasteiger charge is 2.14. The molecule has 2 heterocycles. The number of carbonyl (C=O) groups excluding carboxylic acids is 1. The van der Waals surface area contributed by atoms with Crippen LogP contribution < -0.4 is 10.1 Å². The van der Waals surface area contributed by atoms with E-state index in [0.717, 1.165) is 43.1 Å². The zero-order valence-corrected chi connectivity index (χ0v) is 14.8. The number of hydrogen-bond acceptors (Lipinski definition) is 3. The molecule has 2 aromatic rings. The molecular weight excluding hydrogens is 316 g/mol. The normalized spacial score (nSPS) is 15.3. The molecule has 25 heavy (non-hydrogen) atoms. The molecule has 1 aromatic carbocycles. The van der Waals surface area contributed by atoms with E-state index in [2.05, 4.69) is 10.4 Å². The Labute approximate surface area is 148 Å². The lowest BCUT2D eigenvalue weighted by Gasteiger charge is -2.24. The van der Waals surface area contributed by atoms with Crippen molar-refractivity contribution in [2.45, 2.75) is 38.6 Å². The number of methoxy groups -OCH3 is 1. The first kappa shape index (κ1) is 17.3.